The molecular formula is C10H9FO4. The molecule has 1 rings (SSSR count). The second-order valence-corrected chi connectivity index (χ2v) is 3.01. The first kappa shape index (κ1) is 11.2. The molecule has 1 aromatic rings. The van der Waals surface area contributed by atoms with Crippen LogP contribution in [0.2, 0.25) is 0 Å². The lowest BCUT2D eigenvalue weighted by Gasteiger charge is -2.10. The van der Waals surface area contributed by atoms with Crippen molar-refractivity contribution in [2.24, 2.45) is 0 Å². The number of carbonyl (C=O) groups is 2. The number of rotatable bonds is 4. The van der Waals surface area contributed by atoms with Gasteiger partial charge in [0.15, 0.2) is 0 Å². The summed E-state index contributed by atoms with van der Waals surface area (Å²) in [5, 5.41) is 17.3. The van der Waals surface area contributed by atoms with Crippen LogP contribution in [0.25, 0.3) is 0 Å². The molecule has 0 aliphatic rings. The van der Waals surface area contributed by atoms with E-state index >= 15 is 0 Å². The summed E-state index contributed by atoms with van der Waals surface area (Å²) in [5.41, 5.74) is -0.104. The van der Waals surface area contributed by atoms with Crippen molar-refractivity contribution in [1.29, 1.82) is 0 Å². The van der Waals surface area contributed by atoms with Gasteiger partial charge in [-0.1, -0.05) is 18.2 Å². The second-order valence-electron chi connectivity index (χ2n) is 3.01. The largest absolute Gasteiger partial charge is 0.481 e. The summed E-state index contributed by atoms with van der Waals surface area (Å²) in [6, 6.07) is 5.26. The van der Waals surface area contributed by atoms with E-state index in [1.165, 1.54) is 18.2 Å². The van der Waals surface area contributed by atoms with Gasteiger partial charge in [0.1, 0.15) is 5.82 Å². The van der Waals surface area contributed by atoms with Crippen LogP contribution in [-0.2, 0) is 9.59 Å². The van der Waals surface area contributed by atoms with Gasteiger partial charge in [-0.3, -0.25) is 9.59 Å². The zero-order chi connectivity index (χ0) is 11.4. The van der Waals surface area contributed by atoms with Crippen molar-refractivity contribution in [3.8, 4) is 0 Å². The smallest absolute Gasteiger partial charge is 0.311 e. The van der Waals surface area contributed by atoms with Gasteiger partial charge in [-0.2, -0.15) is 0 Å². The quantitative estimate of drug-likeness (QED) is 0.792. The molecule has 0 fully saturated rings. The Morgan fingerprint density at radius 3 is 2.33 bits per heavy atom. The lowest BCUT2D eigenvalue weighted by Crippen LogP contribution is -2.17. The predicted octanol–water partition coefficient (Wildman–Crippen LogP) is 1.47. The SMILES string of the molecule is O=C(O)C[C@@H](C(=O)O)c1ccccc1F. The van der Waals surface area contributed by atoms with Crippen molar-refractivity contribution in [2.45, 2.75) is 12.3 Å². The molecule has 1 atom stereocenters. The van der Waals surface area contributed by atoms with Gasteiger partial charge in [0, 0.05) is 5.56 Å². The third-order valence-electron chi connectivity index (χ3n) is 1.96. The maximum Gasteiger partial charge on any atom is 0.311 e. The Labute approximate surface area is 85.0 Å². The van der Waals surface area contributed by atoms with Crippen LogP contribution in [-0.4, -0.2) is 22.2 Å². The fourth-order valence-electron chi connectivity index (χ4n) is 1.26. The van der Waals surface area contributed by atoms with Gasteiger partial charge in [0.2, 0.25) is 0 Å². The van der Waals surface area contributed by atoms with E-state index in [1.54, 1.807) is 0 Å². The Balaban J connectivity index is 3.04. The summed E-state index contributed by atoms with van der Waals surface area (Å²) >= 11 is 0. The first-order chi connectivity index (χ1) is 7.02. The number of hydrogen-bond donors (Lipinski definition) is 2. The lowest BCUT2D eigenvalue weighted by atomic mass is 9.95. The molecule has 0 spiro atoms. The minimum absolute atomic E-state index is 0.104. The monoisotopic (exact) mass is 212 g/mol. The van der Waals surface area contributed by atoms with Crippen LogP contribution in [0.5, 0.6) is 0 Å². The van der Waals surface area contributed by atoms with E-state index in [0.29, 0.717) is 0 Å². The Kier molecular flexibility index (Phi) is 3.38. The zero-order valence-corrected chi connectivity index (χ0v) is 7.68. The molecule has 0 unspecified atom stereocenters. The summed E-state index contributed by atoms with van der Waals surface area (Å²) < 4.78 is 13.2. The van der Waals surface area contributed by atoms with E-state index in [4.69, 9.17) is 10.2 Å². The van der Waals surface area contributed by atoms with Crippen LogP contribution in [0.15, 0.2) is 24.3 Å². The average Bonchev–Trinajstić information content (AvgIpc) is 2.15. The van der Waals surface area contributed by atoms with E-state index in [9.17, 15) is 14.0 Å². The minimum atomic E-state index is -1.34. The van der Waals surface area contributed by atoms with Crippen LogP contribution in [0.3, 0.4) is 0 Å². The fraction of sp³-hybridized carbons (Fsp3) is 0.200. The van der Waals surface area contributed by atoms with Gasteiger partial charge >= 0.3 is 11.9 Å². The molecule has 80 valence electrons. The summed E-state index contributed by atoms with van der Waals surface area (Å²) in [7, 11) is 0. The van der Waals surface area contributed by atoms with Crippen molar-refractivity contribution in [2.75, 3.05) is 0 Å². The Hall–Kier alpha value is -1.91. The van der Waals surface area contributed by atoms with Crippen LogP contribution < -0.4 is 0 Å². The van der Waals surface area contributed by atoms with E-state index in [1.807, 2.05) is 0 Å². The standard InChI is InChI=1S/C10H9FO4/c11-8-4-2-1-3-6(8)7(10(14)15)5-9(12)13/h1-4,7H,5H2,(H,12,13)(H,14,15)/t7-/m1/s1. The highest BCUT2D eigenvalue weighted by molar-refractivity contribution is 5.82. The molecular weight excluding hydrogens is 203 g/mol. The number of halogens is 1. The van der Waals surface area contributed by atoms with E-state index in [-0.39, 0.29) is 5.56 Å². The number of aliphatic carboxylic acids is 2. The molecule has 0 saturated heterocycles. The summed E-state index contributed by atoms with van der Waals surface area (Å²) in [4.78, 5) is 21.2. The normalized spacial score (nSPS) is 12.1. The fourth-order valence-corrected chi connectivity index (χ4v) is 1.26. The molecule has 0 radical (unpaired) electrons. The lowest BCUT2D eigenvalue weighted by molar-refractivity contribution is -0.145. The van der Waals surface area contributed by atoms with Crippen LogP contribution in [0.1, 0.15) is 17.9 Å². The molecule has 4 nitrogen and oxygen atoms in total. The van der Waals surface area contributed by atoms with E-state index < -0.39 is 30.1 Å². The number of hydrogen-bond acceptors (Lipinski definition) is 2. The molecule has 0 saturated carbocycles. The Morgan fingerprint density at radius 2 is 1.87 bits per heavy atom. The second kappa shape index (κ2) is 4.54. The van der Waals surface area contributed by atoms with Gasteiger partial charge in [-0.15, -0.1) is 0 Å². The summed E-state index contributed by atoms with van der Waals surface area (Å²) in [6.45, 7) is 0. The first-order valence-corrected chi connectivity index (χ1v) is 4.21. The molecule has 0 aromatic heterocycles. The number of benzene rings is 1. The van der Waals surface area contributed by atoms with Gasteiger partial charge in [0.25, 0.3) is 0 Å². The number of carboxylic acids is 2. The third kappa shape index (κ3) is 2.77. The Morgan fingerprint density at radius 1 is 1.27 bits per heavy atom. The van der Waals surface area contributed by atoms with Crippen molar-refractivity contribution in [1.82, 2.24) is 0 Å². The molecule has 2 N–H and O–H groups in total. The minimum Gasteiger partial charge on any atom is -0.481 e. The molecule has 1 aromatic carbocycles. The van der Waals surface area contributed by atoms with Gasteiger partial charge in [0.05, 0.1) is 12.3 Å². The first-order valence-electron chi connectivity index (χ1n) is 4.21. The van der Waals surface area contributed by atoms with Crippen molar-refractivity contribution in [3.63, 3.8) is 0 Å². The van der Waals surface area contributed by atoms with Gasteiger partial charge in [-0.05, 0) is 6.07 Å². The highest BCUT2D eigenvalue weighted by Crippen LogP contribution is 2.22. The molecule has 0 amide bonds. The zero-order valence-electron chi connectivity index (χ0n) is 7.68. The van der Waals surface area contributed by atoms with Crippen molar-refractivity contribution >= 4 is 11.9 Å². The molecule has 5 heteroatoms. The molecule has 15 heavy (non-hydrogen) atoms. The molecule has 0 bridgehead atoms. The van der Waals surface area contributed by atoms with Crippen LogP contribution >= 0.6 is 0 Å². The van der Waals surface area contributed by atoms with E-state index in [0.717, 1.165) is 6.07 Å². The topological polar surface area (TPSA) is 74.6 Å². The highest BCUT2D eigenvalue weighted by atomic mass is 19.1. The van der Waals surface area contributed by atoms with Crippen LogP contribution in [0, 0.1) is 5.82 Å². The van der Waals surface area contributed by atoms with Crippen molar-refractivity contribution < 1.29 is 24.2 Å². The highest BCUT2D eigenvalue weighted by Gasteiger charge is 2.25. The molecule has 0 aliphatic heterocycles. The molecule has 0 aliphatic carbocycles. The van der Waals surface area contributed by atoms with E-state index in [2.05, 4.69) is 0 Å². The van der Waals surface area contributed by atoms with Crippen molar-refractivity contribution in [3.05, 3.63) is 35.6 Å². The predicted molar refractivity (Wildman–Crippen MR) is 49.0 cm³/mol. The van der Waals surface area contributed by atoms with Gasteiger partial charge < -0.3 is 10.2 Å². The molecule has 0 heterocycles. The van der Waals surface area contributed by atoms with Crippen LogP contribution in [0.4, 0.5) is 4.39 Å². The summed E-state index contributed by atoms with van der Waals surface area (Å²) in [6.07, 6.45) is -0.629. The third-order valence-corrected chi connectivity index (χ3v) is 1.96. The number of carboxylic acid groups (broad SMARTS) is 2. The van der Waals surface area contributed by atoms with Gasteiger partial charge in [-0.25, -0.2) is 4.39 Å². The maximum atomic E-state index is 13.2. The average molecular weight is 212 g/mol. The maximum absolute atomic E-state index is 13.2. The Bertz CT molecular complexity index is 389. The summed E-state index contributed by atoms with van der Waals surface area (Å²) in [5.74, 6) is -4.66.